The minimum absolute atomic E-state index is 0.00635. The van der Waals surface area contributed by atoms with E-state index < -0.39 is 86.6 Å². The summed E-state index contributed by atoms with van der Waals surface area (Å²) >= 11 is 1.24. The molecule has 6 aromatic rings. The molecule has 4 aromatic heterocycles. The Kier molecular flexibility index (Phi) is 8.67. The van der Waals surface area contributed by atoms with Crippen LogP contribution in [-0.2, 0) is 46.9 Å². The highest BCUT2D eigenvalue weighted by Gasteiger charge is 2.68. The Morgan fingerprint density at radius 3 is 2.44 bits per heavy atom. The number of sulfonamides is 1. The number of aliphatic hydroxyl groups is 1. The van der Waals surface area contributed by atoms with Crippen LogP contribution in [0.25, 0.3) is 32.4 Å². The summed E-state index contributed by atoms with van der Waals surface area (Å²) in [4.78, 5) is 25.4. The second kappa shape index (κ2) is 13.1. The van der Waals surface area contributed by atoms with Crippen molar-refractivity contribution in [2.24, 2.45) is 13.0 Å². The highest BCUT2D eigenvalue weighted by atomic mass is 32.2. The smallest absolute Gasteiger partial charge is 0.386 e. The number of anilines is 2. The number of aromatic nitrogens is 6. The third-order valence-electron chi connectivity index (χ3n) is 10.7. The van der Waals surface area contributed by atoms with Gasteiger partial charge < -0.3 is 15.3 Å². The second-order valence-electron chi connectivity index (χ2n) is 15.6. The van der Waals surface area contributed by atoms with E-state index in [0.29, 0.717) is 42.6 Å². The maximum Gasteiger partial charge on any atom is 0.435 e. The SMILES string of the molecule is Cn1nc(NS(C)(=O)=O)c2cccc(-c3cc4sc(N5CC(C)(O)C5)nc4nc3[C@H](Cc3cc(F)cc(F)c3)NC(=O)Cn3nc(C(F)(F)F)c4c3C(F)(F)C3C[C@H]43)c21. The number of alkyl halides is 5. The lowest BCUT2D eigenvalue weighted by molar-refractivity contribution is -0.142. The number of pyridine rings is 1. The van der Waals surface area contributed by atoms with Gasteiger partial charge in [-0.05, 0) is 55.5 Å². The molecule has 2 fully saturated rings. The molecule has 9 rings (SSSR count). The van der Waals surface area contributed by atoms with E-state index in [1.165, 1.54) is 16.0 Å². The molecule has 22 heteroatoms. The zero-order chi connectivity index (χ0) is 42.1. The van der Waals surface area contributed by atoms with Gasteiger partial charge >= 0.3 is 6.18 Å². The number of thiazole rings is 1. The van der Waals surface area contributed by atoms with Gasteiger partial charge in [0.25, 0.3) is 5.92 Å². The number of fused-ring (bicyclic) bond motifs is 5. The zero-order valence-corrected chi connectivity index (χ0v) is 32.7. The summed E-state index contributed by atoms with van der Waals surface area (Å²) in [6.07, 6.45) is -4.61. The Bertz CT molecular complexity index is 2830. The number of halogens is 7. The molecule has 1 saturated carbocycles. The van der Waals surface area contributed by atoms with E-state index in [2.05, 4.69) is 25.2 Å². The molecule has 1 aliphatic heterocycles. The number of para-hydroxylation sites is 1. The van der Waals surface area contributed by atoms with E-state index in [0.717, 1.165) is 18.4 Å². The van der Waals surface area contributed by atoms with Gasteiger partial charge in [-0.2, -0.15) is 37.1 Å². The average Bonchev–Trinajstić information content (AvgIpc) is 3.37. The van der Waals surface area contributed by atoms with Crippen LogP contribution in [0.2, 0.25) is 0 Å². The van der Waals surface area contributed by atoms with Crippen molar-refractivity contribution < 1.29 is 49.1 Å². The van der Waals surface area contributed by atoms with Gasteiger partial charge in [-0.15, -0.1) is 0 Å². The predicted molar refractivity (Wildman–Crippen MR) is 201 cm³/mol. The van der Waals surface area contributed by atoms with Gasteiger partial charge in [0.2, 0.25) is 15.9 Å². The van der Waals surface area contributed by atoms with Crippen LogP contribution in [0.15, 0.2) is 42.5 Å². The molecule has 310 valence electrons. The number of carbonyl (C=O) groups excluding carboxylic acids is 1. The summed E-state index contributed by atoms with van der Waals surface area (Å²) in [6, 6.07) is 7.97. The van der Waals surface area contributed by atoms with Crippen molar-refractivity contribution in [3.63, 3.8) is 0 Å². The molecule has 3 N–H and O–H groups in total. The Labute approximate surface area is 333 Å². The maximum atomic E-state index is 15.4. The van der Waals surface area contributed by atoms with Crippen LogP contribution >= 0.6 is 11.3 Å². The highest BCUT2D eigenvalue weighted by Crippen LogP contribution is 2.68. The maximum absolute atomic E-state index is 15.4. The summed E-state index contributed by atoms with van der Waals surface area (Å²) in [5, 5.41) is 21.8. The fourth-order valence-electron chi connectivity index (χ4n) is 8.35. The van der Waals surface area contributed by atoms with Crippen molar-refractivity contribution in [3.8, 4) is 11.1 Å². The summed E-state index contributed by atoms with van der Waals surface area (Å²) in [5.74, 6) is -9.00. The van der Waals surface area contributed by atoms with E-state index in [4.69, 9.17) is 4.98 Å². The number of nitrogens with one attached hydrogen (secondary N) is 2. The van der Waals surface area contributed by atoms with Crippen LogP contribution in [0.1, 0.15) is 53.5 Å². The van der Waals surface area contributed by atoms with Crippen molar-refractivity contribution in [1.29, 1.82) is 0 Å². The quantitative estimate of drug-likeness (QED) is 0.141. The first-order valence-corrected chi connectivity index (χ1v) is 20.8. The van der Waals surface area contributed by atoms with Crippen molar-refractivity contribution >= 4 is 59.5 Å². The van der Waals surface area contributed by atoms with Gasteiger partial charge in [-0.3, -0.25) is 18.9 Å². The number of hydrogen-bond acceptors (Lipinski definition) is 10. The van der Waals surface area contributed by atoms with Crippen molar-refractivity contribution in [2.75, 3.05) is 29.0 Å². The lowest BCUT2D eigenvalue weighted by Crippen LogP contribution is -2.60. The fourth-order valence-corrected chi connectivity index (χ4v) is 9.80. The molecule has 3 aliphatic rings. The topological polar surface area (TPSA) is 160 Å². The van der Waals surface area contributed by atoms with E-state index in [-0.39, 0.29) is 48.7 Å². The molecule has 1 amide bonds. The number of β-amino-alcohol motifs (C(OH)–C–C–N with tert-alkyl or cyclic N) is 1. The monoisotopic (exact) mass is 863 g/mol. The number of amides is 1. The van der Waals surface area contributed by atoms with Crippen molar-refractivity contribution in [2.45, 2.75) is 56.0 Å². The first-order chi connectivity index (χ1) is 27.6. The molecule has 13 nitrogen and oxygen atoms in total. The lowest BCUT2D eigenvalue weighted by atomic mass is 9.94. The Hall–Kier alpha value is -5.35. The Morgan fingerprint density at radius 2 is 1.78 bits per heavy atom. The van der Waals surface area contributed by atoms with Crippen LogP contribution in [-0.4, -0.2) is 73.9 Å². The van der Waals surface area contributed by atoms with E-state index in [9.17, 15) is 40.3 Å². The second-order valence-corrected chi connectivity index (χ2v) is 18.3. The van der Waals surface area contributed by atoms with Crippen LogP contribution in [0.5, 0.6) is 0 Å². The first-order valence-electron chi connectivity index (χ1n) is 18.1. The average molecular weight is 864 g/mol. The summed E-state index contributed by atoms with van der Waals surface area (Å²) in [5.41, 5.74) is -2.65. The van der Waals surface area contributed by atoms with Crippen LogP contribution in [0.3, 0.4) is 0 Å². The molecule has 2 aliphatic carbocycles. The minimum atomic E-state index is -5.07. The number of hydrogen-bond donors (Lipinski definition) is 3. The molecular formula is C37H32F7N9O4S2. The normalized spacial score (nSPS) is 19.7. The van der Waals surface area contributed by atoms with Crippen molar-refractivity contribution in [1.82, 2.24) is 34.8 Å². The molecule has 0 bridgehead atoms. The summed E-state index contributed by atoms with van der Waals surface area (Å²) in [7, 11) is -2.22. The summed E-state index contributed by atoms with van der Waals surface area (Å²) in [6.45, 7) is 1.15. The predicted octanol–water partition coefficient (Wildman–Crippen LogP) is 5.99. The molecule has 0 radical (unpaired) electrons. The molecule has 5 heterocycles. The molecule has 3 atom stereocenters. The van der Waals surface area contributed by atoms with Crippen molar-refractivity contribution in [3.05, 3.63) is 82.3 Å². The van der Waals surface area contributed by atoms with Gasteiger partial charge in [-0.25, -0.2) is 22.2 Å². The van der Waals surface area contributed by atoms with Gasteiger partial charge in [0.1, 0.15) is 23.9 Å². The van der Waals surface area contributed by atoms with Crippen LogP contribution in [0, 0.1) is 17.6 Å². The third kappa shape index (κ3) is 6.93. The van der Waals surface area contributed by atoms with Gasteiger partial charge in [0.15, 0.2) is 22.3 Å². The number of rotatable bonds is 10. The van der Waals surface area contributed by atoms with Gasteiger partial charge in [0.05, 0.1) is 46.9 Å². The van der Waals surface area contributed by atoms with E-state index in [1.807, 2.05) is 4.90 Å². The molecule has 1 unspecified atom stereocenters. The number of nitrogens with zero attached hydrogens (tertiary/aromatic N) is 7. The van der Waals surface area contributed by atoms with Gasteiger partial charge in [-0.1, -0.05) is 23.5 Å². The van der Waals surface area contributed by atoms with E-state index in [1.54, 1.807) is 38.2 Å². The number of aryl methyl sites for hydroxylation is 1. The standard InChI is InChI=1S/C37H32F7N9O4S2/c1-35(55)14-52(15-35)34-47-33-25(58-34)12-21(19-5-4-6-20-29(19)51(2)49-32(20)50-59(3,56)57)28(46-33)24(9-16-7-17(38)10-18(39)8-16)45-26(54)13-53-31-27(30(48-53)37(42,43)44)22-11-23(22)36(31,40)41/h4-8,10,12,22-24,55H,9,11,13-15H2,1-3H3,(H,45,54)(H,49,50)/t22-,23?,24-/m0/s1. The van der Waals surface area contributed by atoms with Crippen LogP contribution < -0.4 is 14.9 Å². The minimum Gasteiger partial charge on any atom is -0.386 e. The summed E-state index contributed by atoms with van der Waals surface area (Å²) < 4.78 is 132. The zero-order valence-electron chi connectivity index (χ0n) is 31.1. The fraction of sp³-hybridized carbons (Fsp3) is 0.378. The van der Waals surface area contributed by atoms with E-state index >= 15 is 8.78 Å². The first kappa shape index (κ1) is 39.1. The largest absolute Gasteiger partial charge is 0.435 e. The molecule has 1 saturated heterocycles. The highest BCUT2D eigenvalue weighted by molar-refractivity contribution is 7.92. The van der Waals surface area contributed by atoms with Gasteiger partial charge in [0, 0.05) is 41.1 Å². The molecule has 2 aromatic carbocycles. The number of carbonyl (C=O) groups is 1. The Balaban J connectivity index is 1.19. The molecule has 59 heavy (non-hydrogen) atoms. The Morgan fingerprint density at radius 1 is 1.07 bits per heavy atom. The molecular weight excluding hydrogens is 832 g/mol. The third-order valence-corrected chi connectivity index (χ3v) is 12.3. The number of benzene rings is 2. The lowest BCUT2D eigenvalue weighted by Gasteiger charge is -2.43. The van der Waals surface area contributed by atoms with Crippen LogP contribution in [0.4, 0.5) is 41.7 Å². The molecule has 0 spiro atoms.